The van der Waals surface area contributed by atoms with E-state index >= 15 is 0 Å². The molecule has 0 radical (unpaired) electrons. The van der Waals surface area contributed by atoms with Crippen LogP contribution in [0.3, 0.4) is 0 Å². The van der Waals surface area contributed by atoms with Gasteiger partial charge in [-0.15, -0.1) is 5.10 Å². The zero-order valence-electron chi connectivity index (χ0n) is 10.2. The third-order valence-corrected chi connectivity index (χ3v) is 1.62. The van der Waals surface area contributed by atoms with Gasteiger partial charge in [-0.05, 0) is 22.6 Å². The van der Waals surface area contributed by atoms with Gasteiger partial charge in [0.2, 0.25) is 0 Å². The Bertz CT molecular complexity index is 333. The van der Waals surface area contributed by atoms with E-state index < -0.39 is 0 Å². The number of aromatic nitrogens is 4. The number of nitrogens with one attached hydrogen (secondary N) is 1. The van der Waals surface area contributed by atoms with Crippen molar-refractivity contribution in [3.05, 3.63) is 79.2 Å². The highest BCUT2D eigenvalue weighted by Crippen LogP contribution is 1.78. The van der Waals surface area contributed by atoms with Gasteiger partial charge in [0.1, 0.15) is 6.26 Å². The van der Waals surface area contributed by atoms with Crippen molar-refractivity contribution in [2.24, 2.45) is 0 Å². The fourth-order valence-electron chi connectivity index (χ4n) is 0.883. The van der Waals surface area contributed by atoms with E-state index in [9.17, 15) is 0 Å². The molecule has 0 spiro atoms. The van der Waals surface area contributed by atoms with Crippen molar-refractivity contribution in [2.75, 3.05) is 0 Å². The van der Waals surface area contributed by atoms with Crippen LogP contribution < -0.4 is 0 Å². The van der Waals surface area contributed by atoms with Crippen LogP contribution in [0.4, 0.5) is 0 Å². The first-order valence-corrected chi connectivity index (χ1v) is 5.49. The zero-order chi connectivity index (χ0) is 13.4. The normalized spacial score (nSPS) is 8.00. The van der Waals surface area contributed by atoms with Crippen LogP contribution in [0.1, 0.15) is 0 Å². The van der Waals surface area contributed by atoms with Crippen LogP contribution in [0.2, 0.25) is 0 Å². The molecule has 0 saturated heterocycles. The van der Waals surface area contributed by atoms with Gasteiger partial charge in [0.25, 0.3) is 0 Å². The van der Waals surface area contributed by atoms with Crippen LogP contribution in [-0.2, 0) is 0 Å². The molecule has 0 aromatic carbocycles. The molecule has 0 saturated carbocycles. The second-order valence-corrected chi connectivity index (χ2v) is 2.98. The van der Waals surface area contributed by atoms with Crippen LogP contribution in [0.5, 0.6) is 0 Å². The highest BCUT2D eigenvalue weighted by atomic mass is 17.0. The number of hydrogen-bond donors (Lipinski definition) is 1. The van der Waals surface area contributed by atoms with Crippen molar-refractivity contribution in [3.63, 3.8) is 0 Å². The summed E-state index contributed by atoms with van der Waals surface area (Å²) in [6.07, 6.45) is 2.82. The topological polar surface area (TPSA) is 80.7 Å². The molecule has 1 N–H and O–H groups in total. The minimum absolute atomic E-state index is 1.34. The highest BCUT2D eigenvalue weighted by Gasteiger charge is 1.59. The standard InChI is InChI=1S/C13H14N4O2/c1-2-4-6-8-10-12-14-15-16-17-19-18-13-11-9-7-5-3-1/h1-13H,(H,15,17). The minimum Gasteiger partial charge on any atom is -0.276 e. The molecule has 19 heavy (non-hydrogen) atoms. The van der Waals surface area contributed by atoms with Gasteiger partial charge in [-0.1, -0.05) is 59.9 Å². The molecule has 0 amide bonds. The molecule has 1 heterocycles. The molecular weight excluding hydrogens is 244 g/mol. The first-order chi connectivity index (χ1) is 9.50. The van der Waals surface area contributed by atoms with Crippen molar-refractivity contribution < 1.29 is 9.26 Å². The molecule has 0 aliphatic carbocycles. The molecule has 6 heteroatoms. The summed E-state index contributed by atoms with van der Waals surface area (Å²) in [5, 5.41) is 12.4. The molecule has 1 rings (SSSR count). The average Bonchev–Trinajstić information content (AvgIpc) is 2.43. The second-order valence-electron chi connectivity index (χ2n) is 2.98. The first-order valence-electron chi connectivity index (χ1n) is 5.49. The number of nitrogens with zero attached hydrogens (tertiary/aromatic N) is 3. The first kappa shape index (κ1) is 14.2. The Morgan fingerprint density at radius 3 is 1.95 bits per heavy atom. The zero-order valence-corrected chi connectivity index (χ0v) is 10.2. The van der Waals surface area contributed by atoms with E-state index in [-0.39, 0.29) is 0 Å². The molecule has 0 bridgehead atoms. The second kappa shape index (κ2) is 11.6. The summed E-state index contributed by atoms with van der Waals surface area (Å²) in [6, 6.07) is 20.2. The van der Waals surface area contributed by atoms with Gasteiger partial charge in [-0.25, -0.2) is 0 Å². The lowest BCUT2D eigenvalue weighted by Crippen LogP contribution is -1.79. The fraction of sp³-hybridized carbons (Fsp3) is 0. The Kier molecular flexibility index (Phi) is 8.65. The smallest absolute Gasteiger partial charge is 0.145 e. The molecule has 1 aromatic rings. The highest BCUT2D eigenvalue weighted by molar-refractivity contribution is 4.96. The molecule has 1 aromatic heterocycles. The molecule has 0 fully saturated rings. The predicted octanol–water partition coefficient (Wildman–Crippen LogP) is 2.88. The molecular formula is C13H14N4O2. The predicted molar refractivity (Wildman–Crippen MR) is 69.2 cm³/mol. The fourth-order valence-corrected chi connectivity index (χ4v) is 0.883. The van der Waals surface area contributed by atoms with Crippen molar-refractivity contribution in [1.29, 1.82) is 0 Å². The van der Waals surface area contributed by atoms with Crippen molar-refractivity contribution in [2.45, 2.75) is 0 Å². The quantitative estimate of drug-likeness (QED) is 0.723. The molecule has 98 valence electrons. The Balaban J connectivity index is 3.01. The van der Waals surface area contributed by atoms with Crippen LogP contribution in [0, 0.1) is 0 Å². The maximum Gasteiger partial charge on any atom is 0.145 e. The van der Waals surface area contributed by atoms with Gasteiger partial charge in [0.05, 0.1) is 6.20 Å². The SMILES string of the molecule is c1ccccccnnn[nH]oocccccc1. The lowest BCUT2D eigenvalue weighted by Gasteiger charge is -1.69. The van der Waals surface area contributed by atoms with E-state index in [1.807, 2.05) is 48.5 Å². The number of H-pyrrole nitrogens is 1. The van der Waals surface area contributed by atoms with E-state index in [1.54, 1.807) is 18.2 Å². The lowest BCUT2D eigenvalue weighted by molar-refractivity contribution is -0.0229. The Morgan fingerprint density at radius 2 is 1.26 bits per heavy atom. The van der Waals surface area contributed by atoms with Gasteiger partial charge >= 0.3 is 0 Å². The molecule has 0 aliphatic heterocycles. The average molecular weight is 258 g/mol. The summed E-state index contributed by atoms with van der Waals surface area (Å²) in [5.41, 5.74) is 0. The largest absolute Gasteiger partial charge is 0.276 e. The number of aromatic amines is 1. The van der Waals surface area contributed by atoms with E-state index in [4.69, 9.17) is 0 Å². The monoisotopic (exact) mass is 258 g/mol. The van der Waals surface area contributed by atoms with Crippen molar-refractivity contribution in [3.8, 4) is 0 Å². The van der Waals surface area contributed by atoms with Crippen LogP contribution in [-0.4, -0.2) is 20.8 Å². The maximum absolute atomic E-state index is 4.59. The van der Waals surface area contributed by atoms with Gasteiger partial charge in [0, 0.05) is 0 Å². The summed E-state index contributed by atoms with van der Waals surface area (Å²) in [7, 11) is 0. The molecule has 6 nitrogen and oxygen atoms in total. The maximum atomic E-state index is 4.59. The van der Waals surface area contributed by atoms with E-state index in [2.05, 4.69) is 30.1 Å². The molecule has 0 unspecified atom stereocenters. The van der Waals surface area contributed by atoms with Gasteiger partial charge in [-0.3, -0.25) is 4.58 Å². The van der Waals surface area contributed by atoms with Crippen LogP contribution >= 0.6 is 0 Å². The van der Waals surface area contributed by atoms with Crippen LogP contribution in [0.15, 0.2) is 88.4 Å². The number of rotatable bonds is 0. The van der Waals surface area contributed by atoms with Gasteiger partial charge < -0.3 is 0 Å². The van der Waals surface area contributed by atoms with Crippen LogP contribution in [0.25, 0.3) is 0 Å². The summed E-state index contributed by atoms with van der Waals surface area (Å²) in [5.74, 6) is 0. The van der Waals surface area contributed by atoms with E-state index in [0.717, 1.165) is 0 Å². The summed E-state index contributed by atoms with van der Waals surface area (Å²) >= 11 is 0. The van der Waals surface area contributed by atoms with Gasteiger partial charge in [-0.2, -0.15) is 4.68 Å². The summed E-state index contributed by atoms with van der Waals surface area (Å²) in [6.45, 7) is 0. The third-order valence-electron chi connectivity index (χ3n) is 1.62. The summed E-state index contributed by atoms with van der Waals surface area (Å²) < 4.78 is 9.02. The molecule has 0 atom stereocenters. The third kappa shape index (κ3) is 10.0. The Morgan fingerprint density at radius 1 is 0.684 bits per heavy atom. The summed E-state index contributed by atoms with van der Waals surface area (Å²) in [4.78, 5) is 0. The van der Waals surface area contributed by atoms with E-state index in [1.165, 1.54) is 12.5 Å². The van der Waals surface area contributed by atoms with E-state index in [0.29, 0.717) is 0 Å². The molecule has 0 aliphatic rings. The lowest BCUT2D eigenvalue weighted by atomic mass is 10.4. The van der Waals surface area contributed by atoms with Crippen molar-refractivity contribution in [1.82, 2.24) is 20.8 Å². The minimum atomic E-state index is 1.34. The Hall–Kier alpha value is -2.89. The Labute approximate surface area is 110 Å². The van der Waals surface area contributed by atoms with Crippen molar-refractivity contribution >= 4 is 0 Å². The number of hydrogen-bond acceptors (Lipinski definition) is 5. The van der Waals surface area contributed by atoms with Gasteiger partial charge in [0.15, 0.2) is 0 Å².